The van der Waals surface area contributed by atoms with E-state index < -0.39 is 5.54 Å². The molecule has 1 heterocycles. The largest absolute Gasteiger partial charge is 0.313 e. The fourth-order valence-corrected chi connectivity index (χ4v) is 3.42. The van der Waals surface area contributed by atoms with E-state index in [0.29, 0.717) is 10.9 Å². The van der Waals surface area contributed by atoms with Gasteiger partial charge in [-0.2, -0.15) is 5.26 Å². The molecule has 2 unspecified atom stereocenters. The summed E-state index contributed by atoms with van der Waals surface area (Å²) >= 11 is 7.47. The van der Waals surface area contributed by atoms with Crippen LogP contribution in [-0.4, -0.2) is 16.3 Å². The molecule has 1 saturated carbocycles. The summed E-state index contributed by atoms with van der Waals surface area (Å²) in [5.74, 6) is 1.27. The first-order valence-corrected chi connectivity index (χ1v) is 7.45. The molecule has 2 rings (SSSR count). The standard InChI is InChI=1S/C13H16ClN3S/c14-11-3-4-12(17-8-11)18-7-5-10-2-1-6-13(10,16)9-15/h3-4,8,10H,1-2,5-7,16H2. The number of nitrogens with two attached hydrogens (primary N) is 1. The topological polar surface area (TPSA) is 62.7 Å². The molecule has 0 aliphatic heterocycles. The highest BCUT2D eigenvalue weighted by Crippen LogP contribution is 2.36. The third-order valence-corrected chi connectivity index (χ3v) is 4.70. The average molecular weight is 282 g/mol. The summed E-state index contributed by atoms with van der Waals surface area (Å²) in [5, 5.41) is 10.8. The Hall–Kier alpha value is -0.760. The lowest BCUT2D eigenvalue weighted by Gasteiger charge is -2.23. The van der Waals surface area contributed by atoms with Gasteiger partial charge in [-0.25, -0.2) is 4.98 Å². The molecule has 0 aromatic carbocycles. The van der Waals surface area contributed by atoms with Gasteiger partial charge in [-0.1, -0.05) is 18.0 Å². The fraction of sp³-hybridized carbons (Fsp3) is 0.538. The molecule has 2 N–H and O–H groups in total. The molecular weight excluding hydrogens is 266 g/mol. The molecule has 1 aromatic heterocycles. The second-order valence-corrected chi connectivity index (χ2v) is 6.24. The van der Waals surface area contributed by atoms with E-state index in [1.807, 2.05) is 12.1 Å². The highest BCUT2D eigenvalue weighted by molar-refractivity contribution is 7.99. The normalized spacial score (nSPS) is 27.1. The molecule has 18 heavy (non-hydrogen) atoms. The van der Waals surface area contributed by atoms with Gasteiger partial charge >= 0.3 is 0 Å². The predicted octanol–water partition coefficient (Wildman–Crippen LogP) is 3.24. The summed E-state index contributed by atoms with van der Waals surface area (Å²) < 4.78 is 0. The van der Waals surface area contributed by atoms with Crippen LogP contribution in [0.2, 0.25) is 5.02 Å². The van der Waals surface area contributed by atoms with Gasteiger partial charge in [-0.05, 0) is 43.1 Å². The van der Waals surface area contributed by atoms with Crippen LogP contribution in [0.3, 0.4) is 0 Å². The lowest BCUT2D eigenvalue weighted by atomic mass is 9.88. The molecule has 0 saturated heterocycles. The Balaban J connectivity index is 1.82. The van der Waals surface area contributed by atoms with Crippen LogP contribution >= 0.6 is 23.4 Å². The Bertz CT molecular complexity index is 443. The zero-order chi connectivity index (χ0) is 13.0. The van der Waals surface area contributed by atoms with Gasteiger partial charge < -0.3 is 5.73 Å². The van der Waals surface area contributed by atoms with Crippen LogP contribution in [0.1, 0.15) is 25.7 Å². The average Bonchev–Trinajstić information content (AvgIpc) is 2.74. The minimum absolute atomic E-state index is 0.322. The van der Waals surface area contributed by atoms with Crippen molar-refractivity contribution in [1.82, 2.24) is 4.98 Å². The van der Waals surface area contributed by atoms with Crippen molar-refractivity contribution in [2.75, 3.05) is 5.75 Å². The molecule has 5 heteroatoms. The molecule has 1 fully saturated rings. The van der Waals surface area contributed by atoms with Crippen LogP contribution in [0.15, 0.2) is 23.4 Å². The summed E-state index contributed by atoms with van der Waals surface area (Å²) in [4.78, 5) is 4.23. The van der Waals surface area contributed by atoms with Crippen molar-refractivity contribution in [2.24, 2.45) is 11.7 Å². The van der Waals surface area contributed by atoms with E-state index in [9.17, 15) is 0 Å². The Morgan fingerprint density at radius 2 is 2.44 bits per heavy atom. The lowest BCUT2D eigenvalue weighted by Crippen LogP contribution is -2.41. The van der Waals surface area contributed by atoms with Crippen molar-refractivity contribution in [1.29, 1.82) is 5.26 Å². The van der Waals surface area contributed by atoms with Gasteiger partial charge in [0.1, 0.15) is 5.54 Å². The minimum atomic E-state index is -0.603. The van der Waals surface area contributed by atoms with Gasteiger partial charge in [0, 0.05) is 6.20 Å². The number of hydrogen-bond donors (Lipinski definition) is 1. The van der Waals surface area contributed by atoms with E-state index in [2.05, 4.69) is 11.1 Å². The first-order valence-electron chi connectivity index (χ1n) is 6.08. The van der Waals surface area contributed by atoms with E-state index in [1.165, 1.54) is 0 Å². The molecule has 96 valence electrons. The van der Waals surface area contributed by atoms with Crippen LogP contribution in [0.5, 0.6) is 0 Å². The van der Waals surface area contributed by atoms with Crippen LogP contribution < -0.4 is 5.73 Å². The number of rotatable bonds is 4. The van der Waals surface area contributed by atoms with E-state index >= 15 is 0 Å². The van der Waals surface area contributed by atoms with Gasteiger partial charge in [0.25, 0.3) is 0 Å². The Morgan fingerprint density at radius 1 is 1.61 bits per heavy atom. The summed E-state index contributed by atoms with van der Waals surface area (Å²) in [7, 11) is 0. The Labute approximate surface area is 117 Å². The number of aromatic nitrogens is 1. The molecule has 1 aromatic rings. The molecule has 0 bridgehead atoms. The number of thioether (sulfide) groups is 1. The molecule has 3 nitrogen and oxygen atoms in total. The van der Waals surface area contributed by atoms with Gasteiger partial charge in [-0.15, -0.1) is 11.8 Å². The molecule has 0 spiro atoms. The fourth-order valence-electron chi connectivity index (χ4n) is 2.41. The molecule has 0 radical (unpaired) electrons. The number of halogens is 1. The maximum atomic E-state index is 9.13. The number of nitrogens with zero attached hydrogens (tertiary/aromatic N) is 2. The first-order chi connectivity index (χ1) is 8.64. The van der Waals surface area contributed by atoms with E-state index in [1.54, 1.807) is 18.0 Å². The molecule has 1 aliphatic carbocycles. The molecule has 2 atom stereocenters. The summed E-state index contributed by atoms with van der Waals surface area (Å²) in [6.45, 7) is 0. The van der Waals surface area contributed by atoms with Crippen molar-refractivity contribution in [2.45, 2.75) is 36.2 Å². The molecule has 1 aliphatic rings. The van der Waals surface area contributed by atoms with Crippen LogP contribution in [0.4, 0.5) is 0 Å². The maximum Gasteiger partial charge on any atom is 0.107 e. The van der Waals surface area contributed by atoms with E-state index in [-0.39, 0.29) is 0 Å². The lowest BCUT2D eigenvalue weighted by molar-refractivity contribution is 0.389. The smallest absolute Gasteiger partial charge is 0.107 e. The Kier molecular flexibility index (Phi) is 4.50. The SMILES string of the molecule is N#CC1(N)CCCC1CCSc1ccc(Cl)cn1. The van der Waals surface area contributed by atoms with Crippen LogP contribution in [0, 0.1) is 17.2 Å². The molecular formula is C13H16ClN3S. The minimum Gasteiger partial charge on any atom is -0.313 e. The highest BCUT2D eigenvalue weighted by Gasteiger charge is 2.39. The van der Waals surface area contributed by atoms with Gasteiger partial charge in [0.05, 0.1) is 16.1 Å². The third-order valence-electron chi connectivity index (χ3n) is 3.50. The van der Waals surface area contributed by atoms with Crippen molar-refractivity contribution in [3.05, 3.63) is 23.4 Å². The number of hydrogen-bond acceptors (Lipinski definition) is 4. The molecule has 0 amide bonds. The maximum absolute atomic E-state index is 9.13. The number of pyridine rings is 1. The van der Waals surface area contributed by atoms with E-state index in [4.69, 9.17) is 22.6 Å². The monoisotopic (exact) mass is 281 g/mol. The van der Waals surface area contributed by atoms with Crippen molar-refractivity contribution in [3.63, 3.8) is 0 Å². The van der Waals surface area contributed by atoms with Gasteiger partial charge in [-0.3, -0.25) is 0 Å². The summed E-state index contributed by atoms with van der Waals surface area (Å²) in [5.41, 5.74) is 5.50. The zero-order valence-corrected chi connectivity index (χ0v) is 11.7. The van der Waals surface area contributed by atoms with Crippen LogP contribution in [-0.2, 0) is 0 Å². The Morgan fingerprint density at radius 3 is 3.11 bits per heavy atom. The van der Waals surface area contributed by atoms with Crippen molar-refractivity contribution in [3.8, 4) is 6.07 Å². The van der Waals surface area contributed by atoms with Crippen molar-refractivity contribution >= 4 is 23.4 Å². The quantitative estimate of drug-likeness (QED) is 0.861. The van der Waals surface area contributed by atoms with Gasteiger partial charge in [0.2, 0.25) is 0 Å². The zero-order valence-electron chi connectivity index (χ0n) is 10.1. The number of nitriles is 1. The van der Waals surface area contributed by atoms with Crippen LogP contribution in [0.25, 0.3) is 0 Å². The second-order valence-electron chi connectivity index (χ2n) is 4.69. The van der Waals surface area contributed by atoms with Crippen molar-refractivity contribution < 1.29 is 0 Å². The van der Waals surface area contributed by atoms with E-state index in [0.717, 1.165) is 36.5 Å². The summed E-state index contributed by atoms with van der Waals surface area (Å²) in [6, 6.07) is 6.04. The highest BCUT2D eigenvalue weighted by atomic mass is 35.5. The third kappa shape index (κ3) is 3.17. The predicted molar refractivity (Wildman–Crippen MR) is 74.5 cm³/mol. The first kappa shape index (κ1) is 13.7. The second kappa shape index (κ2) is 5.92. The summed E-state index contributed by atoms with van der Waals surface area (Å²) in [6.07, 6.45) is 5.59. The van der Waals surface area contributed by atoms with Gasteiger partial charge in [0.15, 0.2) is 0 Å².